The van der Waals surface area contributed by atoms with Gasteiger partial charge >= 0.3 is 5.97 Å². The minimum atomic E-state index is -2.01. The molecule has 18 atom stereocenters. The van der Waals surface area contributed by atoms with Crippen molar-refractivity contribution in [3.05, 3.63) is 0 Å². The lowest BCUT2D eigenvalue weighted by Crippen LogP contribution is -2.61. The minimum Gasteiger partial charge on any atom is -0.459 e. The molecule has 3 saturated heterocycles. The van der Waals surface area contributed by atoms with E-state index in [-0.39, 0.29) is 31.4 Å². The third kappa shape index (κ3) is 9.25. The van der Waals surface area contributed by atoms with Crippen LogP contribution in [0.3, 0.4) is 0 Å². The molecule has 292 valence electrons. The van der Waals surface area contributed by atoms with Gasteiger partial charge in [0.1, 0.15) is 29.7 Å². The minimum absolute atomic E-state index is 0.118. The number of aliphatic hydroxyl groups excluding tert-OH is 3. The van der Waals surface area contributed by atoms with Crippen LogP contribution in [0.15, 0.2) is 0 Å². The zero-order valence-electron chi connectivity index (χ0n) is 32.0. The van der Waals surface area contributed by atoms with Gasteiger partial charge < -0.3 is 59.2 Å². The lowest BCUT2D eigenvalue weighted by Gasteiger charge is -2.48. The molecule has 0 aliphatic carbocycles. The molecule has 3 aliphatic rings. The summed E-state index contributed by atoms with van der Waals surface area (Å²) in [6.45, 7) is 15.8. The van der Waals surface area contributed by atoms with E-state index in [2.05, 4.69) is 0 Å². The van der Waals surface area contributed by atoms with E-state index in [1.165, 1.54) is 27.7 Å². The Bertz CT molecular complexity index is 1150. The third-order valence-electron chi connectivity index (χ3n) is 11.4. The summed E-state index contributed by atoms with van der Waals surface area (Å²) in [6, 6.07) is -0.337. The molecule has 14 heteroatoms. The maximum atomic E-state index is 14.0. The number of esters is 1. The molecule has 3 aliphatic heterocycles. The fourth-order valence-corrected chi connectivity index (χ4v) is 8.22. The molecule has 0 saturated carbocycles. The SMILES string of the molecule is CC[C@H]1OC(=O)[C@H](C)[C@@H](OC2C[C@@](C)(O)C(O)[C@@H](C)O2)[C@H](C)[C@@H](O[C@@H]2OC(C)CC(N(C)C)C2O)[C@](C)(O)C[C@@H](C)C(=O)[C@H](C)[C@@H](O)[C@]1(C)O. The van der Waals surface area contributed by atoms with Gasteiger partial charge in [-0.05, 0) is 74.9 Å². The molecule has 3 heterocycles. The number of carbonyl (C=O) groups is 2. The lowest BCUT2D eigenvalue weighted by atomic mass is 9.74. The van der Waals surface area contributed by atoms with Crippen LogP contribution in [0, 0.1) is 23.7 Å². The molecule has 0 aromatic heterocycles. The number of likely N-dealkylation sites (N-methyl/N-ethyl adjacent to an activating group) is 1. The summed E-state index contributed by atoms with van der Waals surface area (Å²) < 4.78 is 31.0. The fraction of sp³-hybridized carbons (Fsp3) is 0.944. The largest absolute Gasteiger partial charge is 0.459 e. The summed E-state index contributed by atoms with van der Waals surface area (Å²) in [5.74, 6) is -5.14. The van der Waals surface area contributed by atoms with Crippen molar-refractivity contribution in [3.8, 4) is 0 Å². The van der Waals surface area contributed by atoms with Gasteiger partial charge in [0, 0.05) is 30.2 Å². The van der Waals surface area contributed by atoms with Crippen molar-refractivity contribution in [1.29, 1.82) is 0 Å². The van der Waals surface area contributed by atoms with Crippen LogP contribution < -0.4 is 0 Å². The number of cyclic esters (lactones) is 1. The van der Waals surface area contributed by atoms with Crippen LogP contribution in [0.2, 0.25) is 0 Å². The highest BCUT2D eigenvalue weighted by Gasteiger charge is 2.53. The van der Waals surface area contributed by atoms with Crippen LogP contribution in [0.25, 0.3) is 0 Å². The van der Waals surface area contributed by atoms with Crippen molar-refractivity contribution in [3.63, 3.8) is 0 Å². The summed E-state index contributed by atoms with van der Waals surface area (Å²) in [5, 5.41) is 68.1. The van der Waals surface area contributed by atoms with Gasteiger partial charge in [0.15, 0.2) is 12.6 Å². The van der Waals surface area contributed by atoms with E-state index in [4.69, 9.17) is 23.7 Å². The number of hydrogen-bond acceptors (Lipinski definition) is 14. The molecule has 5 unspecified atom stereocenters. The molecule has 0 aromatic carbocycles. The molecular formula is C36H65NO13. The van der Waals surface area contributed by atoms with Gasteiger partial charge in [0.25, 0.3) is 0 Å². The highest BCUT2D eigenvalue weighted by molar-refractivity contribution is 5.83. The monoisotopic (exact) mass is 719 g/mol. The molecule has 50 heavy (non-hydrogen) atoms. The van der Waals surface area contributed by atoms with Crippen molar-refractivity contribution in [2.75, 3.05) is 14.1 Å². The van der Waals surface area contributed by atoms with Gasteiger partial charge in [-0.1, -0.05) is 27.7 Å². The second-order valence-corrected chi connectivity index (χ2v) is 16.3. The Balaban J connectivity index is 2.17. The molecule has 14 nitrogen and oxygen atoms in total. The van der Waals surface area contributed by atoms with Crippen LogP contribution in [-0.2, 0) is 33.3 Å². The highest BCUT2D eigenvalue weighted by atomic mass is 16.7. The first-order valence-corrected chi connectivity index (χ1v) is 18.1. The standard InChI is InChI=1S/C36H65NO13/c1-13-24-36(10,45)29(40)19(4)26(38)17(2)15-35(9,44)31(50-33-27(39)23(37(11)12)14-18(3)46-33)20(5)28(21(6)32(42)48-24)49-25-16-34(8,43)30(41)22(7)47-25/h17-25,27-31,33,39-41,43-45H,13-16H2,1-12H3/t17-,18?,19+,20+,21-,22-,23?,24-,25?,27?,28+,29-,30?,31-,33+,34-,35-,36-/m1/s1. The van der Waals surface area contributed by atoms with Crippen LogP contribution in [0.4, 0.5) is 0 Å². The maximum Gasteiger partial charge on any atom is 0.311 e. The van der Waals surface area contributed by atoms with E-state index >= 15 is 0 Å². The zero-order valence-corrected chi connectivity index (χ0v) is 32.0. The summed E-state index contributed by atoms with van der Waals surface area (Å²) in [5.41, 5.74) is -5.42. The molecule has 0 bridgehead atoms. The van der Waals surface area contributed by atoms with Gasteiger partial charge in [-0.2, -0.15) is 0 Å². The van der Waals surface area contributed by atoms with Crippen molar-refractivity contribution < 1.29 is 63.9 Å². The molecular weight excluding hydrogens is 654 g/mol. The van der Waals surface area contributed by atoms with E-state index in [1.54, 1.807) is 34.6 Å². The van der Waals surface area contributed by atoms with E-state index in [0.717, 1.165) is 0 Å². The Morgan fingerprint density at radius 3 is 1.98 bits per heavy atom. The second kappa shape index (κ2) is 16.4. The lowest BCUT2D eigenvalue weighted by molar-refractivity contribution is -0.316. The second-order valence-electron chi connectivity index (χ2n) is 16.3. The van der Waals surface area contributed by atoms with Crippen LogP contribution in [-0.4, -0.2) is 146 Å². The van der Waals surface area contributed by atoms with Gasteiger partial charge in [0.05, 0.1) is 47.6 Å². The van der Waals surface area contributed by atoms with E-state index < -0.39 is 108 Å². The number of nitrogens with zero attached hydrogens (tertiary/aromatic N) is 1. The Morgan fingerprint density at radius 2 is 1.44 bits per heavy atom. The zero-order chi connectivity index (χ0) is 38.3. The van der Waals surface area contributed by atoms with E-state index in [9.17, 15) is 40.2 Å². The molecule has 0 spiro atoms. The number of Topliss-reactive ketones (excluding diaryl/α,β-unsaturated/α-hetero) is 1. The predicted molar refractivity (Wildman–Crippen MR) is 181 cm³/mol. The van der Waals surface area contributed by atoms with Gasteiger partial charge in [0.2, 0.25) is 0 Å². The fourth-order valence-electron chi connectivity index (χ4n) is 8.22. The Labute approximate surface area is 297 Å². The average Bonchev–Trinajstić information content (AvgIpc) is 3.01. The number of hydrogen-bond donors (Lipinski definition) is 6. The van der Waals surface area contributed by atoms with Gasteiger partial charge in [-0.3, -0.25) is 9.59 Å². The normalized spacial score (nSPS) is 50.5. The number of ether oxygens (including phenoxy) is 5. The molecule has 3 rings (SSSR count). The topological polar surface area (TPSA) is 205 Å². The first-order valence-electron chi connectivity index (χ1n) is 18.1. The maximum absolute atomic E-state index is 14.0. The molecule has 0 amide bonds. The van der Waals surface area contributed by atoms with Crippen molar-refractivity contribution in [2.24, 2.45) is 23.7 Å². The van der Waals surface area contributed by atoms with Crippen molar-refractivity contribution >= 4 is 11.8 Å². The van der Waals surface area contributed by atoms with Gasteiger partial charge in [-0.15, -0.1) is 0 Å². The summed E-state index contributed by atoms with van der Waals surface area (Å²) in [7, 11) is 3.67. The van der Waals surface area contributed by atoms with Crippen molar-refractivity contribution in [1.82, 2.24) is 4.90 Å². The number of aliphatic hydroxyl groups is 6. The Kier molecular flexibility index (Phi) is 14.1. The highest BCUT2D eigenvalue weighted by Crippen LogP contribution is 2.40. The molecule has 0 radical (unpaired) electrons. The first kappa shape index (κ1) is 43.1. The molecule has 6 N–H and O–H groups in total. The number of carbonyl (C=O) groups excluding carboxylic acids is 2. The smallest absolute Gasteiger partial charge is 0.311 e. The molecule has 0 aromatic rings. The van der Waals surface area contributed by atoms with Gasteiger partial charge in [-0.25, -0.2) is 0 Å². The van der Waals surface area contributed by atoms with Crippen molar-refractivity contribution in [2.45, 2.75) is 179 Å². The number of rotatable bonds is 6. The predicted octanol–water partition coefficient (Wildman–Crippen LogP) is 1.13. The number of ketones is 1. The summed E-state index contributed by atoms with van der Waals surface area (Å²) >= 11 is 0. The van der Waals surface area contributed by atoms with E-state index in [1.807, 2.05) is 25.9 Å². The average molecular weight is 720 g/mol. The molecule has 3 fully saturated rings. The Morgan fingerprint density at radius 1 is 0.840 bits per heavy atom. The quantitative estimate of drug-likeness (QED) is 0.213. The van der Waals surface area contributed by atoms with Crippen LogP contribution in [0.1, 0.15) is 94.9 Å². The van der Waals surface area contributed by atoms with E-state index in [0.29, 0.717) is 6.42 Å². The Hall–Kier alpha value is -1.30. The first-order chi connectivity index (χ1) is 22.9. The third-order valence-corrected chi connectivity index (χ3v) is 11.4. The van der Waals surface area contributed by atoms with Crippen LogP contribution in [0.5, 0.6) is 0 Å². The van der Waals surface area contributed by atoms with Crippen LogP contribution >= 0.6 is 0 Å². The summed E-state index contributed by atoms with van der Waals surface area (Å²) in [6.07, 6.45) is -10.7. The summed E-state index contributed by atoms with van der Waals surface area (Å²) in [4.78, 5) is 29.6.